The number of halogens is 1. The van der Waals surface area contributed by atoms with Crippen LogP contribution in [0.25, 0.3) is 0 Å². The highest BCUT2D eigenvalue weighted by Crippen LogP contribution is 2.15. The SMILES string of the molecule is CCNC(=NCc1nncn1C)NCCCN1CCC(C)CC1.I. The molecule has 0 saturated carbocycles. The number of rotatable bonds is 7. The molecule has 0 spiro atoms. The van der Waals surface area contributed by atoms with E-state index >= 15 is 0 Å². The van der Waals surface area contributed by atoms with E-state index in [1.807, 2.05) is 11.6 Å². The van der Waals surface area contributed by atoms with E-state index in [1.54, 1.807) is 6.33 Å². The minimum Gasteiger partial charge on any atom is -0.357 e. The summed E-state index contributed by atoms with van der Waals surface area (Å²) in [5, 5.41) is 14.6. The molecule has 0 aromatic carbocycles. The van der Waals surface area contributed by atoms with E-state index in [-0.39, 0.29) is 24.0 Å². The molecule has 0 unspecified atom stereocenters. The summed E-state index contributed by atoms with van der Waals surface area (Å²) in [6.45, 7) is 10.4. The monoisotopic (exact) mass is 449 g/mol. The quantitative estimate of drug-likeness (QED) is 0.287. The van der Waals surface area contributed by atoms with Crippen molar-refractivity contribution in [3.8, 4) is 0 Å². The van der Waals surface area contributed by atoms with Crippen LogP contribution in [0.2, 0.25) is 0 Å². The van der Waals surface area contributed by atoms with Crippen LogP contribution in [0, 0.1) is 5.92 Å². The fourth-order valence-corrected chi connectivity index (χ4v) is 2.74. The number of hydrogen-bond acceptors (Lipinski definition) is 4. The summed E-state index contributed by atoms with van der Waals surface area (Å²) in [5.41, 5.74) is 0. The minimum absolute atomic E-state index is 0. The topological polar surface area (TPSA) is 70.4 Å². The summed E-state index contributed by atoms with van der Waals surface area (Å²) >= 11 is 0. The number of aryl methyl sites for hydroxylation is 1. The summed E-state index contributed by atoms with van der Waals surface area (Å²) < 4.78 is 1.89. The largest absolute Gasteiger partial charge is 0.357 e. The third-order valence-electron chi connectivity index (χ3n) is 4.35. The van der Waals surface area contributed by atoms with Crippen LogP contribution < -0.4 is 10.6 Å². The molecule has 1 aliphatic heterocycles. The Labute approximate surface area is 162 Å². The van der Waals surface area contributed by atoms with Gasteiger partial charge < -0.3 is 20.1 Å². The number of nitrogens with one attached hydrogen (secondary N) is 2. The predicted molar refractivity (Wildman–Crippen MR) is 109 cm³/mol. The van der Waals surface area contributed by atoms with Crippen molar-refractivity contribution in [2.75, 3.05) is 32.7 Å². The minimum atomic E-state index is 0. The molecule has 1 saturated heterocycles. The zero-order valence-corrected chi connectivity index (χ0v) is 17.5. The van der Waals surface area contributed by atoms with Gasteiger partial charge in [-0.25, -0.2) is 4.99 Å². The predicted octanol–water partition coefficient (Wildman–Crippen LogP) is 1.61. The van der Waals surface area contributed by atoms with Crippen LogP contribution >= 0.6 is 24.0 Å². The van der Waals surface area contributed by atoms with Gasteiger partial charge in [0.25, 0.3) is 0 Å². The highest BCUT2D eigenvalue weighted by molar-refractivity contribution is 14.0. The van der Waals surface area contributed by atoms with E-state index in [4.69, 9.17) is 0 Å². The third kappa shape index (κ3) is 7.33. The van der Waals surface area contributed by atoms with Crippen LogP contribution in [0.4, 0.5) is 0 Å². The summed E-state index contributed by atoms with van der Waals surface area (Å²) in [6.07, 6.45) is 5.53. The lowest BCUT2D eigenvalue weighted by Crippen LogP contribution is -2.39. The molecule has 1 aliphatic rings. The standard InChI is InChI=1S/C16H31N7.HI/c1-4-17-16(19-12-15-21-20-13-22(15)3)18-8-5-9-23-10-6-14(2)7-11-23;/h13-14H,4-12H2,1-3H3,(H2,17,18,19);1H. The Kier molecular flexibility index (Phi) is 10.2. The van der Waals surface area contributed by atoms with Crippen molar-refractivity contribution in [3.05, 3.63) is 12.2 Å². The molecule has 0 aliphatic carbocycles. The summed E-state index contributed by atoms with van der Waals surface area (Å²) in [7, 11) is 1.94. The van der Waals surface area contributed by atoms with Crippen molar-refractivity contribution in [1.82, 2.24) is 30.3 Å². The van der Waals surface area contributed by atoms with Gasteiger partial charge in [-0.15, -0.1) is 34.2 Å². The Morgan fingerprint density at radius 2 is 2.08 bits per heavy atom. The lowest BCUT2D eigenvalue weighted by atomic mass is 9.99. The molecule has 24 heavy (non-hydrogen) atoms. The normalized spacial score (nSPS) is 16.7. The van der Waals surface area contributed by atoms with E-state index in [9.17, 15) is 0 Å². The Hall–Kier alpha value is -0.900. The van der Waals surface area contributed by atoms with Gasteiger partial charge in [0.1, 0.15) is 12.9 Å². The van der Waals surface area contributed by atoms with Gasteiger partial charge in [0.05, 0.1) is 0 Å². The number of aliphatic imine (C=N–C) groups is 1. The summed E-state index contributed by atoms with van der Waals surface area (Å²) in [6, 6.07) is 0. The zero-order valence-electron chi connectivity index (χ0n) is 15.2. The van der Waals surface area contributed by atoms with Gasteiger partial charge in [0.2, 0.25) is 0 Å². The lowest BCUT2D eigenvalue weighted by Gasteiger charge is -2.30. The Balaban J connectivity index is 0.00000288. The van der Waals surface area contributed by atoms with Crippen molar-refractivity contribution in [2.45, 2.75) is 39.7 Å². The second-order valence-electron chi connectivity index (χ2n) is 6.36. The summed E-state index contributed by atoms with van der Waals surface area (Å²) in [5.74, 6) is 2.62. The molecule has 0 amide bonds. The zero-order chi connectivity index (χ0) is 16.5. The summed E-state index contributed by atoms with van der Waals surface area (Å²) in [4.78, 5) is 7.14. The average Bonchev–Trinajstić information content (AvgIpc) is 2.96. The maximum atomic E-state index is 4.57. The second-order valence-corrected chi connectivity index (χ2v) is 6.36. The molecule has 1 aromatic rings. The molecule has 7 nitrogen and oxygen atoms in total. The Bertz CT molecular complexity index is 481. The maximum absolute atomic E-state index is 4.57. The number of hydrogen-bond donors (Lipinski definition) is 2. The molecule has 0 bridgehead atoms. The van der Waals surface area contributed by atoms with Crippen LogP contribution in [0.3, 0.4) is 0 Å². The number of piperidine rings is 1. The van der Waals surface area contributed by atoms with E-state index < -0.39 is 0 Å². The molecule has 0 radical (unpaired) electrons. The van der Waals surface area contributed by atoms with Crippen molar-refractivity contribution in [3.63, 3.8) is 0 Å². The molecular weight excluding hydrogens is 417 g/mol. The van der Waals surface area contributed by atoms with Crippen molar-refractivity contribution >= 4 is 29.9 Å². The van der Waals surface area contributed by atoms with Gasteiger partial charge in [-0.2, -0.15) is 0 Å². The number of aromatic nitrogens is 3. The molecule has 138 valence electrons. The lowest BCUT2D eigenvalue weighted by molar-refractivity contribution is 0.191. The fraction of sp³-hybridized carbons (Fsp3) is 0.812. The number of guanidine groups is 1. The van der Waals surface area contributed by atoms with E-state index in [2.05, 4.69) is 44.6 Å². The van der Waals surface area contributed by atoms with Gasteiger partial charge in [-0.05, 0) is 51.7 Å². The maximum Gasteiger partial charge on any atom is 0.191 e. The highest BCUT2D eigenvalue weighted by Gasteiger charge is 2.14. The van der Waals surface area contributed by atoms with Gasteiger partial charge in [-0.3, -0.25) is 0 Å². The van der Waals surface area contributed by atoms with Crippen LogP contribution in [0.15, 0.2) is 11.3 Å². The van der Waals surface area contributed by atoms with Crippen LogP contribution in [-0.2, 0) is 13.6 Å². The van der Waals surface area contributed by atoms with Crippen LogP contribution in [-0.4, -0.2) is 58.3 Å². The molecule has 1 aromatic heterocycles. The third-order valence-corrected chi connectivity index (χ3v) is 4.35. The average molecular weight is 449 g/mol. The fourth-order valence-electron chi connectivity index (χ4n) is 2.74. The Morgan fingerprint density at radius 1 is 1.33 bits per heavy atom. The number of nitrogens with zero attached hydrogens (tertiary/aromatic N) is 5. The van der Waals surface area contributed by atoms with Crippen molar-refractivity contribution in [2.24, 2.45) is 18.0 Å². The van der Waals surface area contributed by atoms with Crippen molar-refractivity contribution < 1.29 is 0 Å². The molecule has 2 N–H and O–H groups in total. The highest BCUT2D eigenvalue weighted by atomic mass is 127. The first-order valence-corrected chi connectivity index (χ1v) is 8.76. The van der Waals surface area contributed by atoms with E-state index in [1.165, 1.54) is 32.5 Å². The molecule has 1 fully saturated rings. The number of likely N-dealkylation sites (tertiary alicyclic amines) is 1. The van der Waals surface area contributed by atoms with E-state index in [0.717, 1.165) is 37.2 Å². The smallest absolute Gasteiger partial charge is 0.191 e. The Morgan fingerprint density at radius 3 is 2.71 bits per heavy atom. The van der Waals surface area contributed by atoms with Gasteiger partial charge in [-0.1, -0.05) is 6.92 Å². The molecule has 2 rings (SSSR count). The molecule has 2 heterocycles. The van der Waals surface area contributed by atoms with Crippen LogP contribution in [0.1, 0.15) is 38.9 Å². The second kappa shape index (κ2) is 11.6. The molecule has 8 heteroatoms. The van der Waals surface area contributed by atoms with Crippen LogP contribution in [0.5, 0.6) is 0 Å². The van der Waals surface area contributed by atoms with Gasteiger partial charge in [0.15, 0.2) is 11.8 Å². The first-order chi connectivity index (χ1) is 11.2. The first kappa shape index (κ1) is 21.1. The first-order valence-electron chi connectivity index (χ1n) is 8.76. The molecule has 0 atom stereocenters. The van der Waals surface area contributed by atoms with Gasteiger partial charge in [0, 0.05) is 20.1 Å². The molecular formula is C16H32IN7. The van der Waals surface area contributed by atoms with Gasteiger partial charge >= 0.3 is 0 Å². The van der Waals surface area contributed by atoms with E-state index in [0.29, 0.717) is 6.54 Å². The van der Waals surface area contributed by atoms with Crippen molar-refractivity contribution in [1.29, 1.82) is 0 Å².